The molecule has 3 N–H and O–H groups in total. The van der Waals surface area contributed by atoms with Gasteiger partial charge in [-0.25, -0.2) is 4.79 Å². The average Bonchev–Trinajstić information content (AvgIpc) is 3.12. The molecule has 1 aliphatic rings. The highest BCUT2D eigenvalue weighted by Crippen LogP contribution is 2.22. The zero-order valence-corrected chi connectivity index (χ0v) is 16.7. The van der Waals surface area contributed by atoms with Gasteiger partial charge < -0.3 is 20.9 Å². The first-order chi connectivity index (χ1) is 13.9. The molecule has 1 saturated heterocycles. The Kier molecular flexibility index (Phi) is 6.49. The summed E-state index contributed by atoms with van der Waals surface area (Å²) >= 11 is 0. The Labute approximate surface area is 170 Å². The molecule has 7 nitrogen and oxygen atoms in total. The Morgan fingerprint density at radius 3 is 2.52 bits per heavy atom. The smallest absolute Gasteiger partial charge is 0.319 e. The standard InChI is InChI=1S/C22H26N4O3/c1-15(2)24-22(29)25-18-10-8-16(9-11-18)14-23-21(28)17-5-3-6-19(13-17)26-12-4-7-20(26)27/h3,5-6,8-11,13,15H,4,7,12,14H2,1-2H3,(H,23,28)(H2,24,25,29). The van der Waals surface area contributed by atoms with Crippen LogP contribution < -0.4 is 20.9 Å². The summed E-state index contributed by atoms with van der Waals surface area (Å²) in [5.41, 5.74) is 2.88. The van der Waals surface area contributed by atoms with E-state index >= 15 is 0 Å². The first kappa shape index (κ1) is 20.4. The molecule has 0 aliphatic carbocycles. The number of carbonyl (C=O) groups excluding carboxylic acids is 3. The third kappa shape index (κ3) is 5.57. The summed E-state index contributed by atoms with van der Waals surface area (Å²) in [5, 5.41) is 8.41. The van der Waals surface area contributed by atoms with Crippen LogP contribution in [0.25, 0.3) is 0 Å². The molecule has 0 bridgehead atoms. The van der Waals surface area contributed by atoms with Crippen LogP contribution in [-0.2, 0) is 11.3 Å². The fraction of sp³-hybridized carbons (Fsp3) is 0.318. The topological polar surface area (TPSA) is 90.5 Å². The second kappa shape index (κ2) is 9.23. The first-order valence-corrected chi connectivity index (χ1v) is 9.77. The van der Waals surface area contributed by atoms with Crippen molar-refractivity contribution in [3.63, 3.8) is 0 Å². The van der Waals surface area contributed by atoms with Gasteiger partial charge in [-0.15, -0.1) is 0 Å². The normalized spacial score (nSPS) is 13.5. The Bertz CT molecular complexity index is 893. The number of amides is 4. The summed E-state index contributed by atoms with van der Waals surface area (Å²) in [5.74, 6) is -0.102. The third-order valence-corrected chi connectivity index (χ3v) is 4.58. The lowest BCUT2D eigenvalue weighted by atomic mass is 10.1. The number of urea groups is 1. The van der Waals surface area contributed by atoms with Gasteiger partial charge in [0.25, 0.3) is 5.91 Å². The second-order valence-electron chi connectivity index (χ2n) is 7.33. The molecule has 1 aliphatic heterocycles. The molecule has 2 aromatic rings. The van der Waals surface area contributed by atoms with E-state index in [1.54, 1.807) is 35.2 Å². The summed E-state index contributed by atoms with van der Waals surface area (Å²) in [7, 11) is 0. The Morgan fingerprint density at radius 1 is 1.10 bits per heavy atom. The van der Waals surface area contributed by atoms with Crippen molar-refractivity contribution >= 4 is 29.2 Å². The van der Waals surface area contributed by atoms with E-state index in [4.69, 9.17) is 0 Å². The number of anilines is 2. The largest absolute Gasteiger partial charge is 0.348 e. The van der Waals surface area contributed by atoms with Crippen LogP contribution in [0.4, 0.5) is 16.2 Å². The lowest BCUT2D eigenvalue weighted by Crippen LogP contribution is -2.34. The first-order valence-electron chi connectivity index (χ1n) is 9.77. The number of nitrogens with zero attached hydrogens (tertiary/aromatic N) is 1. The fourth-order valence-electron chi connectivity index (χ4n) is 3.16. The maximum atomic E-state index is 12.5. The minimum absolute atomic E-state index is 0.0616. The highest BCUT2D eigenvalue weighted by Gasteiger charge is 2.22. The molecular weight excluding hydrogens is 368 g/mol. The number of nitrogens with one attached hydrogen (secondary N) is 3. The van der Waals surface area contributed by atoms with Crippen LogP contribution in [0.3, 0.4) is 0 Å². The van der Waals surface area contributed by atoms with E-state index in [1.807, 2.05) is 32.0 Å². The lowest BCUT2D eigenvalue weighted by molar-refractivity contribution is -0.117. The number of benzene rings is 2. The monoisotopic (exact) mass is 394 g/mol. The number of rotatable bonds is 6. The Hall–Kier alpha value is -3.35. The van der Waals surface area contributed by atoms with Gasteiger partial charge >= 0.3 is 6.03 Å². The van der Waals surface area contributed by atoms with Gasteiger partial charge in [0.2, 0.25) is 5.91 Å². The molecular formula is C22H26N4O3. The van der Waals surface area contributed by atoms with E-state index in [2.05, 4.69) is 16.0 Å². The summed E-state index contributed by atoms with van der Waals surface area (Å²) in [6.45, 7) is 4.84. The van der Waals surface area contributed by atoms with Crippen LogP contribution >= 0.6 is 0 Å². The zero-order valence-electron chi connectivity index (χ0n) is 16.7. The number of hydrogen-bond donors (Lipinski definition) is 3. The van der Waals surface area contributed by atoms with Crippen molar-refractivity contribution in [2.24, 2.45) is 0 Å². The predicted octanol–water partition coefficient (Wildman–Crippen LogP) is 3.27. The van der Waals surface area contributed by atoms with Crippen LogP contribution in [0.5, 0.6) is 0 Å². The molecule has 152 valence electrons. The predicted molar refractivity (Wildman–Crippen MR) is 113 cm³/mol. The molecule has 29 heavy (non-hydrogen) atoms. The van der Waals surface area contributed by atoms with Gasteiger partial charge in [-0.05, 0) is 56.2 Å². The third-order valence-electron chi connectivity index (χ3n) is 4.58. The maximum absolute atomic E-state index is 12.5. The van der Waals surface area contributed by atoms with Crippen molar-refractivity contribution in [2.45, 2.75) is 39.3 Å². The molecule has 2 aromatic carbocycles. The molecule has 1 heterocycles. The van der Waals surface area contributed by atoms with Gasteiger partial charge in [-0.3, -0.25) is 9.59 Å². The van der Waals surface area contributed by atoms with Crippen LogP contribution in [-0.4, -0.2) is 30.4 Å². The summed E-state index contributed by atoms with van der Waals surface area (Å²) in [4.78, 5) is 37.8. The van der Waals surface area contributed by atoms with Crippen molar-refractivity contribution in [3.05, 3.63) is 59.7 Å². The van der Waals surface area contributed by atoms with Gasteiger partial charge in [0.15, 0.2) is 0 Å². The minimum Gasteiger partial charge on any atom is -0.348 e. The molecule has 3 rings (SSSR count). The number of carbonyl (C=O) groups is 3. The van der Waals surface area contributed by atoms with E-state index in [9.17, 15) is 14.4 Å². The molecule has 0 unspecified atom stereocenters. The van der Waals surface area contributed by atoms with Crippen LogP contribution in [0.2, 0.25) is 0 Å². The minimum atomic E-state index is -0.252. The van der Waals surface area contributed by atoms with Gasteiger partial charge in [0.1, 0.15) is 0 Å². The molecule has 0 atom stereocenters. The van der Waals surface area contributed by atoms with Crippen LogP contribution in [0.1, 0.15) is 42.6 Å². The molecule has 7 heteroatoms. The Balaban J connectivity index is 1.55. The highest BCUT2D eigenvalue weighted by atomic mass is 16.2. The van der Waals surface area contributed by atoms with Gasteiger partial charge in [-0.2, -0.15) is 0 Å². The quantitative estimate of drug-likeness (QED) is 0.702. The molecule has 0 radical (unpaired) electrons. The number of hydrogen-bond acceptors (Lipinski definition) is 3. The molecule has 4 amide bonds. The van der Waals surface area contributed by atoms with Crippen LogP contribution in [0, 0.1) is 0 Å². The van der Waals surface area contributed by atoms with Gasteiger partial charge in [0, 0.05) is 42.5 Å². The summed E-state index contributed by atoms with van der Waals surface area (Å²) in [6, 6.07) is 14.2. The molecule has 0 saturated carbocycles. The second-order valence-corrected chi connectivity index (χ2v) is 7.33. The lowest BCUT2D eigenvalue weighted by Gasteiger charge is -2.16. The Morgan fingerprint density at radius 2 is 1.86 bits per heavy atom. The molecule has 0 aromatic heterocycles. The molecule has 0 spiro atoms. The fourth-order valence-corrected chi connectivity index (χ4v) is 3.16. The van der Waals surface area contributed by atoms with Crippen molar-refractivity contribution in [3.8, 4) is 0 Å². The van der Waals surface area contributed by atoms with E-state index in [0.29, 0.717) is 30.8 Å². The van der Waals surface area contributed by atoms with E-state index < -0.39 is 0 Å². The van der Waals surface area contributed by atoms with E-state index in [-0.39, 0.29) is 23.9 Å². The van der Waals surface area contributed by atoms with Crippen LogP contribution in [0.15, 0.2) is 48.5 Å². The van der Waals surface area contributed by atoms with E-state index in [0.717, 1.165) is 17.7 Å². The van der Waals surface area contributed by atoms with Crippen molar-refractivity contribution < 1.29 is 14.4 Å². The maximum Gasteiger partial charge on any atom is 0.319 e. The van der Waals surface area contributed by atoms with Crippen molar-refractivity contribution in [1.82, 2.24) is 10.6 Å². The zero-order chi connectivity index (χ0) is 20.8. The summed E-state index contributed by atoms with van der Waals surface area (Å²) in [6.07, 6.45) is 1.40. The van der Waals surface area contributed by atoms with Gasteiger partial charge in [-0.1, -0.05) is 18.2 Å². The SMILES string of the molecule is CC(C)NC(=O)Nc1ccc(CNC(=O)c2cccc(N3CCCC3=O)c2)cc1. The van der Waals surface area contributed by atoms with Crippen molar-refractivity contribution in [2.75, 3.05) is 16.8 Å². The summed E-state index contributed by atoms with van der Waals surface area (Å²) < 4.78 is 0. The van der Waals surface area contributed by atoms with E-state index in [1.165, 1.54) is 0 Å². The molecule has 1 fully saturated rings. The van der Waals surface area contributed by atoms with Crippen molar-refractivity contribution in [1.29, 1.82) is 0 Å². The highest BCUT2D eigenvalue weighted by molar-refractivity contribution is 5.99. The average molecular weight is 394 g/mol. The van der Waals surface area contributed by atoms with Gasteiger partial charge in [0.05, 0.1) is 0 Å².